The Morgan fingerprint density at radius 3 is 2.62 bits per heavy atom. The average Bonchev–Trinajstić information content (AvgIpc) is 1.67. The van der Waals surface area contributed by atoms with Crippen LogP contribution in [-0.2, 0) is 4.79 Å². The van der Waals surface area contributed by atoms with E-state index in [2.05, 4.69) is 19.2 Å². The molecule has 0 aromatic carbocycles. The molecule has 0 rings (SSSR count). The van der Waals surface area contributed by atoms with Crippen LogP contribution in [0, 0.1) is 5.92 Å². The predicted molar refractivity (Wildman–Crippen MR) is 38.0 cm³/mol. The topological polar surface area (TPSA) is 17.1 Å². The second kappa shape index (κ2) is 3.72. The van der Waals surface area contributed by atoms with Crippen LogP contribution in [0.3, 0.4) is 0 Å². The third-order valence-electron chi connectivity index (χ3n) is 0.942. The third-order valence-corrected chi connectivity index (χ3v) is 1.38. The molecular weight excluding hydrogens is 120 g/mol. The lowest BCUT2D eigenvalue weighted by molar-refractivity contribution is -0.113. The van der Waals surface area contributed by atoms with Gasteiger partial charge in [0.1, 0.15) is 0 Å². The lowest BCUT2D eigenvalue weighted by Gasteiger charge is -1.98. The van der Waals surface area contributed by atoms with E-state index in [1.54, 1.807) is 6.08 Å². The highest BCUT2D eigenvalue weighted by Gasteiger charge is 2.03. The van der Waals surface area contributed by atoms with Crippen molar-refractivity contribution in [2.45, 2.75) is 13.3 Å². The summed E-state index contributed by atoms with van der Waals surface area (Å²) in [6.07, 6.45) is 2.45. The normalized spacial score (nSPS) is 12.8. The van der Waals surface area contributed by atoms with E-state index >= 15 is 0 Å². The third kappa shape index (κ3) is 2.86. The molecule has 0 amide bonds. The van der Waals surface area contributed by atoms with Gasteiger partial charge in [-0.25, -0.2) is 0 Å². The Hall–Kier alpha value is -0.240. The van der Waals surface area contributed by atoms with Crippen LogP contribution < -0.4 is 0 Å². The first kappa shape index (κ1) is 7.76. The minimum Gasteiger partial charge on any atom is -0.287 e. The maximum Gasteiger partial charge on any atom is 0.189 e. The molecule has 0 saturated heterocycles. The van der Waals surface area contributed by atoms with Gasteiger partial charge >= 0.3 is 0 Å². The van der Waals surface area contributed by atoms with E-state index < -0.39 is 0 Å². The van der Waals surface area contributed by atoms with Gasteiger partial charge in [0.2, 0.25) is 0 Å². The highest BCUT2D eigenvalue weighted by Crippen LogP contribution is 2.04. The second-order valence-electron chi connectivity index (χ2n) is 1.76. The van der Waals surface area contributed by atoms with Crippen LogP contribution in [0.4, 0.5) is 0 Å². The van der Waals surface area contributed by atoms with Gasteiger partial charge in [-0.15, -0.1) is 19.2 Å². The molecule has 0 saturated carbocycles. The first-order valence-electron chi connectivity index (χ1n) is 2.52. The van der Waals surface area contributed by atoms with Gasteiger partial charge in [-0.05, 0) is 6.42 Å². The van der Waals surface area contributed by atoms with Crippen molar-refractivity contribution in [1.29, 1.82) is 0 Å². The molecule has 1 unspecified atom stereocenters. The number of thiol groups is 1. The molecule has 0 heterocycles. The maximum atomic E-state index is 10.4. The average molecular weight is 130 g/mol. The van der Waals surface area contributed by atoms with Crippen LogP contribution in [0.5, 0.6) is 0 Å². The summed E-state index contributed by atoms with van der Waals surface area (Å²) >= 11 is 3.64. The zero-order valence-electron chi connectivity index (χ0n) is 4.92. The van der Waals surface area contributed by atoms with E-state index in [0.717, 1.165) is 6.42 Å². The minimum atomic E-state index is -0.0649. The van der Waals surface area contributed by atoms with Crippen molar-refractivity contribution in [3.8, 4) is 0 Å². The highest BCUT2D eigenvalue weighted by molar-refractivity contribution is 7.96. The fourth-order valence-electron chi connectivity index (χ4n) is 0.351. The summed E-state index contributed by atoms with van der Waals surface area (Å²) < 4.78 is 0. The molecule has 0 radical (unpaired) electrons. The van der Waals surface area contributed by atoms with Crippen molar-refractivity contribution in [2.24, 2.45) is 5.92 Å². The van der Waals surface area contributed by atoms with Crippen LogP contribution in [0.1, 0.15) is 13.3 Å². The van der Waals surface area contributed by atoms with E-state index in [1.165, 1.54) is 0 Å². The van der Waals surface area contributed by atoms with Gasteiger partial charge in [0.25, 0.3) is 0 Å². The first-order valence-corrected chi connectivity index (χ1v) is 2.97. The van der Waals surface area contributed by atoms with Crippen LogP contribution in [-0.4, -0.2) is 5.12 Å². The first-order chi connectivity index (χ1) is 3.68. The minimum absolute atomic E-state index is 0.0239. The molecule has 0 N–H and O–H groups in total. The second-order valence-corrected chi connectivity index (χ2v) is 2.20. The molecule has 46 valence electrons. The number of carbonyl (C=O) groups is 1. The Kier molecular flexibility index (Phi) is 3.61. The Balaban J connectivity index is 3.46. The molecule has 1 atom stereocenters. The summed E-state index contributed by atoms with van der Waals surface area (Å²) in [4.78, 5) is 10.4. The van der Waals surface area contributed by atoms with Crippen LogP contribution in [0.2, 0.25) is 0 Å². The summed E-state index contributed by atoms with van der Waals surface area (Å²) in [5.41, 5.74) is 0. The maximum absolute atomic E-state index is 10.4. The Morgan fingerprint density at radius 2 is 2.50 bits per heavy atom. The van der Waals surface area contributed by atoms with E-state index in [1.807, 2.05) is 6.92 Å². The summed E-state index contributed by atoms with van der Waals surface area (Å²) in [7, 11) is 0. The summed E-state index contributed by atoms with van der Waals surface area (Å²) in [6.45, 7) is 5.33. The molecule has 0 aliphatic heterocycles. The molecule has 0 aliphatic rings. The van der Waals surface area contributed by atoms with E-state index in [-0.39, 0.29) is 11.0 Å². The molecule has 0 spiro atoms. The fourth-order valence-corrected chi connectivity index (χ4v) is 0.456. The Labute approximate surface area is 55.2 Å². The fraction of sp³-hybridized carbons (Fsp3) is 0.500. The molecule has 0 aliphatic carbocycles. The standard InChI is InChI=1S/C6H10OS/c1-3-4-5(2)6(7)8/h3,5H,1,4H2,2H3,(H,7,8). The molecule has 2 heteroatoms. The van der Waals surface area contributed by atoms with Gasteiger partial charge in [-0.2, -0.15) is 0 Å². The highest BCUT2D eigenvalue weighted by atomic mass is 32.1. The summed E-state index contributed by atoms with van der Waals surface area (Å²) in [5.74, 6) is 0.0239. The zero-order valence-corrected chi connectivity index (χ0v) is 5.82. The van der Waals surface area contributed by atoms with E-state index in [9.17, 15) is 4.79 Å². The molecule has 1 nitrogen and oxygen atoms in total. The molecule has 0 aromatic rings. The van der Waals surface area contributed by atoms with Crippen molar-refractivity contribution in [3.05, 3.63) is 12.7 Å². The monoisotopic (exact) mass is 130 g/mol. The molecule has 0 aromatic heterocycles. The largest absolute Gasteiger partial charge is 0.287 e. The summed E-state index contributed by atoms with van der Waals surface area (Å²) in [6, 6.07) is 0. The summed E-state index contributed by atoms with van der Waals surface area (Å²) in [5, 5.41) is -0.0649. The smallest absolute Gasteiger partial charge is 0.189 e. The van der Waals surface area contributed by atoms with Gasteiger partial charge in [-0.3, -0.25) is 4.79 Å². The van der Waals surface area contributed by atoms with Crippen molar-refractivity contribution < 1.29 is 4.79 Å². The number of hydrogen-bond acceptors (Lipinski definition) is 1. The van der Waals surface area contributed by atoms with Gasteiger partial charge in [0, 0.05) is 5.92 Å². The Morgan fingerprint density at radius 1 is 2.00 bits per heavy atom. The van der Waals surface area contributed by atoms with Crippen LogP contribution in [0.25, 0.3) is 0 Å². The zero-order chi connectivity index (χ0) is 6.57. The lowest BCUT2D eigenvalue weighted by Crippen LogP contribution is -2.00. The van der Waals surface area contributed by atoms with Gasteiger partial charge < -0.3 is 0 Å². The molecule has 8 heavy (non-hydrogen) atoms. The predicted octanol–water partition coefficient (Wildman–Crippen LogP) is 1.66. The number of rotatable bonds is 3. The van der Waals surface area contributed by atoms with Crippen molar-refractivity contribution in [1.82, 2.24) is 0 Å². The van der Waals surface area contributed by atoms with Gasteiger partial charge in [-0.1, -0.05) is 13.0 Å². The molecule has 0 fully saturated rings. The van der Waals surface area contributed by atoms with Crippen molar-refractivity contribution >= 4 is 17.7 Å². The Bertz CT molecular complexity index is 98.7. The van der Waals surface area contributed by atoms with Gasteiger partial charge in [0.15, 0.2) is 5.12 Å². The molecule has 0 bridgehead atoms. The van der Waals surface area contributed by atoms with Crippen molar-refractivity contribution in [3.63, 3.8) is 0 Å². The van der Waals surface area contributed by atoms with Gasteiger partial charge in [0.05, 0.1) is 0 Å². The van der Waals surface area contributed by atoms with E-state index in [4.69, 9.17) is 0 Å². The number of carbonyl (C=O) groups excluding carboxylic acids is 1. The number of allylic oxidation sites excluding steroid dienone is 1. The number of hydrogen-bond donors (Lipinski definition) is 1. The lowest BCUT2D eigenvalue weighted by atomic mass is 10.1. The molecular formula is C6H10OS. The van der Waals surface area contributed by atoms with Crippen molar-refractivity contribution in [2.75, 3.05) is 0 Å². The van der Waals surface area contributed by atoms with E-state index in [0.29, 0.717) is 0 Å². The van der Waals surface area contributed by atoms with Crippen LogP contribution >= 0.6 is 12.6 Å². The SMILES string of the molecule is C=CCC(C)C(=O)S. The van der Waals surface area contributed by atoms with Crippen LogP contribution in [0.15, 0.2) is 12.7 Å². The quantitative estimate of drug-likeness (QED) is 0.454.